The fourth-order valence-corrected chi connectivity index (χ4v) is 6.75. The number of likely N-dealkylation sites (tertiary alicyclic amines) is 1. The lowest BCUT2D eigenvalue weighted by Crippen LogP contribution is -2.73. The van der Waals surface area contributed by atoms with Crippen LogP contribution in [-0.2, 0) is 27.5 Å². The van der Waals surface area contributed by atoms with E-state index in [-0.39, 0.29) is 22.9 Å². The molecule has 0 atom stereocenters. The molecule has 0 radical (unpaired) electrons. The van der Waals surface area contributed by atoms with E-state index < -0.39 is 21.9 Å². The van der Waals surface area contributed by atoms with Crippen molar-refractivity contribution >= 4 is 10.0 Å². The van der Waals surface area contributed by atoms with Gasteiger partial charge in [0.15, 0.2) is 10.7 Å². The normalized spacial score (nSPS) is 26.0. The molecule has 0 aromatic carbocycles. The molecule has 7 nitrogen and oxygen atoms in total. The van der Waals surface area contributed by atoms with Crippen molar-refractivity contribution < 1.29 is 26.3 Å². The highest BCUT2D eigenvalue weighted by Gasteiger charge is 2.56. The van der Waals surface area contributed by atoms with E-state index in [0.29, 0.717) is 25.1 Å². The van der Waals surface area contributed by atoms with Gasteiger partial charge >= 0.3 is 6.18 Å². The van der Waals surface area contributed by atoms with Crippen molar-refractivity contribution in [1.82, 2.24) is 19.0 Å². The predicted molar refractivity (Wildman–Crippen MR) is 101 cm³/mol. The average molecular weight is 449 g/mol. The van der Waals surface area contributed by atoms with E-state index in [2.05, 4.69) is 10.00 Å². The highest BCUT2D eigenvalue weighted by atomic mass is 32.2. The summed E-state index contributed by atoms with van der Waals surface area (Å²) in [5.74, 6) is 0.849. The first-order valence-electron chi connectivity index (χ1n) is 10.6. The second kappa shape index (κ2) is 7.18. The van der Waals surface area contributed by atoms with Gasteiger partial charge < -0.3 is 9.64 Å². The Morgan fingerprint density at radius 1 is 1.03 bits per heavy atom. The number of nitrogens with zero attached hydrogens (tertiary/aromatic N) is 4. The lowest BCUT2D eigenvalue weighted by Gasteiger charge is -2.60. The third kappa shape index (κ3) is 3.89. The molecular formula is C19H27F3N4O3S. The Hall–Kier alpha value is -1.17. The van der Waals surface area contributed by atoms with Crippen molar-refractivity contribution in [1.29, 1.82) is 0 Å². The fraction of sp³-hybridized carbons (Fsp3) is 0.842. The van der Waals surface area contributed by atoms with Crippen molar-refractivity contribution in [3.8, 4) is 0 Å². The van der Waals surface area contributed by atoms with Crippen molar-refractivity contribution in [3.63, 3.8) is 0 Å². The number of ether oxygens (including phenoxy) is 1. The van der Waals surface area contributed by atoms with Crippen LogP contribution in [0.1, 0.15) is 31.4 Å². The topological polar surface area (TPSA) is 67.7 Å². The second-order valence-corrected chi connectivity index (χ2v) is 11.4. The highest BCUT2D eigenvalue weighted by molar-refractivity contribution is 7.89. The summed E-state index contributed by atoms with van der Waals surface area (Å²) in [6, 6.07) is 0.695. The zero-order valence-electron chi connectivity index (χ0n) is 16.8. The van der Waals surface area contributed by atoms with Crippen LogP contribution in [0.25, 0.3) is 0 Å². The van der Waals surface area contributed by atoms with Crippen molar-refractivity contribution in [2.75, 3.05) is 45.9 Å². The van der Waals surface area contributed by atoms with Gasteiger partial charge in [-0.2, -0.15) is 22.6 Å². The maximum absolute atomic E-state index is 13.1. The first-order chi connectivity index (χ1) is 14.1. The van der Waals surface area contributed by atoms with Gasteiger partial charge in [0.25, 0.3) is 10.0 Å². The van der Waals surface area contributed by atoms with Crippen LogP contribution in [-0.4, -0.2) is 73.3 Å². The molecule has 1 aromatic heterocycles. The minimum Gasteiger partial charge on any atom is -0.381 e. The van der Waals surface area contributed by atoms with Gasteiger partial charge in [0.2, 0.25) is 0 Å². The van der Waals surface area contributed by atoms with Crippen LogP contribution in [0.3, 0.4) is 0 Å². The molecule has 3 aliphatic heterocycles. The summed E-state index contributed by atoms with van der Waals surface area (Å²) in [6.07, 6.45) is -0.728. The maximum atomic E-state index is 13.1. The fourth-order valence-electron chi connectivity index (χ4n) is 4.95. The quantitative estimate of drug-likeness (QED) is 0.667. The second-order valence-electron chi connectivity index (χ2n) is 9.49. The molecule has 0 unspecified atom stereocenters. The zero-order chi connectivity index (χ0) is 21.1. The molecular weight excluding hydrogens is 421 g/mol. The lowest BCUT2D eigenvalue weighted by molar-refractivity contribution is -0.141. The van der Waals surface area contributed by atoms with Crippen LogP contribution < -0.4 is 0 Å². The van der Waals surface area contributed by atoms with E-state index >= 15 is 0 Å². The van der Waals surface area contributed by atoms with Crippen molar-refractivity contribution in [2.45, 2.75) is 43.4 Å². The van der Waals surface area contributed by atoms with Gasteiger partial charge in [0.1, 0.15) is 0 Å². The number of aromatic nitrogens is 2. The molecule has 30 heavy (non-hydrogen) atoms. The maximum Gasteiger partial charge on any atom is 0.435 e. The van der Waals surface area contributed by atoms with E-state index in [0.717, 1.165) is 63.2 Å². The van der Waals surface area contributed by atoms with Crippen molar-refractivity contribution in [2.24, 2.45) is 17.3 Å². The minimum atomic E-state index is -4.66. The molecule has 4 fully saturated rings. The molecule has 1 saturated carbocycles. The largest absolute Gasteiger partial charge is 0.435 e. The Balaban J connectivity index is 1.23. The van der Waals surface area contributed by atoms with E-state index in [1.807, 2.05) is 0 Å². The first-order valence-corrected chi connectivity index (χ1v) is 12.0. The van der Waals surface area contributed by atoms with E-state index in [1.54, 1.807) is 0 Å². The molecule has 3 saturated heterocycles. The van der Waals surface area contributed by atoms with Crippen LogP contribution in [0.2, 0.25) is 0 Å². The monoisotopic (exact) mass is 448 g/mol. The Morgan fingerprint density at radius 2 is 1.67 bits per heavy atom. The third-order valence-corrected chi connectivity index (χ3v) is 8.56. The molecule has 11 heteroatoms. The summed E-state index contributed by atoms with van der Waals surface area (Å²) in [6.45, 7) is 5.31. The van der Waals surface area contributed by atoms with Crippen LogP contribution in [0, 0.1) is 17.3 Å². The lowest BCUT2D eigenvalue weighted by atomic mass is 9.74. The molecule has 1 aromatic rings. The average Bonchev–Trinajstić information content (AvgIpc) is 3.31. The number of halogens is 3. The van der Waals surface area contributed by atoms with Crippen LogP contribution in [0.15, 0.2) is 11.1 Å². The summed E-state index contributed by atoms with van der Waals surface area (Å²) in [7, 11) is -3.98. The highest BCUT2D eigenvalue weighted by Crippen LogP contribution is 2.43. The number of hydrogen-bond donors (Lipinski definition) is 0. The number of rotatable bonds is 6. The third-order valence-electron chi connectivity index (χ3n) is 6.76. The van der Waals surface area contributed by atoms with Crippen LogP contribution in [0.5, 0.6) is 0 Å². The molecule has 168 valence electrons. The summed E-state index contributed by atoms with van der Waals surface area (Å²) >= 11 is 0. The van der Waals surface area contributed by atoms with Gasteiger partial charge in [-0.1, -0.05) is 0 Å². The summed E-state index contributed by atoms with van der Waals surface area (Å²) < 4.78 is 73.3. The van der Waals surface area contributed by atoms with Gasteiger partial charge in [0.05, 0.1) is 0 Å². The van der Waals surface area contributed by atoms with E-state index in [9.17, 15) is 21.6 Å². The van der Waals surface area contributed by atoms with Gasteiger partial charge in [-0.15, -0.1) is 0 Å². The molecule has 4 aliphatic rings. The Kier molecular flexibility index (Phi) is 4.96. The van der Waals surface area contributed by atoms with Gasteiger partial charge in [-0.3, -0.25) is 4.68 Å². The van der Waals surface area contributed by atoms with Crippen molar-refractivity contribution in [3.05, 3.63) is 11.8 Å². The summed E-state index contributed by atoms with van der Waals surface area (Å²) in [4.78, 5) is 2.36. The van der Waals surface area contributed by atoms with Gasteiger partial charge in [-0.25, -0.2) is 8.42 Å². The number of sulfonamides is 1. The van der Waals surface area contributed by atoms with Crippen LogP contribution >= 0.6 is 0 Å². The molecule has 0 amide bonds. The SMILES string of the molecule is O=S(=O)(c1cc(C(F)(F)F)nn1CC1CC1)N1CC2(CN(CC3CCOCC3)C2)C1. The molecule has 5 rings (SSSR count). The Morgan fingerprint density at radius 3 is 2.27 bits per heavy atom. The standard InChI is InChI=1S/C19H27F3N4O3S/c20-19(21,22)16-7-17(26(23-16)9-14-1-2-14)30(27,28)25-12-18(13-25)10-24(11-18)8-15-3-5-29-6-4-15/h7,14-15H,1-6,8-13H2. The molecule has 1 aliphatic carbocycles. The van der Waals surface area contributed by atoms with Gasteiger partial charge in [-0.05, 0) is 37.5 Å². The summed E-state index contributed by atoms with van der Waals surface area (Å²) in [5, 5.41) is 3.26. The Labute approximate surface area is 174 Å². The smallest absolute Gasteiger partial charge is 0.381 e. The van der Waals surface area contributed by atoms with E-state index in [1.165, 1.54) is 4.31 Å². The molecule has 4 heterocycles. The van der Waals surface area contributed by atoms with Crippen LogP contribution in [0.4, 0.5) is 13.2 Å². The van der Waals surface area contributed by atoms with E-state index in [4.69, 9.17) is 4.74 Å². The zero-order valence-corrected chi connectivity index (χ0v) is 17.6. The molecule has 1 spiro atoms. The predicted octanol–water partition coefficient (Wildman–Crippen LogP) is 2.04. The number of hydrogen-bond acceptors (Lipinski definition) is 5. The molecule has 0 bridgehead atoms. The first kappa shape index (κ1) is 20.7. The molecule has 0 N–H and O–H groups in total. The number of alkyl halides is 3. The van der Waals surface area contributed by atoms with Gasteiger partial charge in [0, 0.05) is 64.0 Å². The minimum absolute atomic E-state index is 0.0492. The summed E-state index contributed by atoms with van der Waals surface area (Å²) in [5.41, 5.74) is -1.19. The Bertz CT molecular complexity index is 893.